The highest BCUT2D eigenvalue weighted by atomic mass is 16.7. The Morgan fingerprint density at radius 3 is 2.70 bits per heavy atom. The van der Waals surface area contributed by atoms with Gasteiger partial charge in [0.1, 0.15) is 17.3 Å². The van der Waals surface area contributed by atoms with Crippen LogP contribution in [0.25, 0.3) is 11.4 Å². The largest absolute Gasteiger partial charge is 0.496 e. The van der Waals surface area contributed by atoms with Crippen LogP contribution < -0.4 is 14.2 Å². The Morgan fingerprint density at radius 2 is 2.10 bits per heavy atom. The number of benzene rings is 1. The molecule has 0 radical (unpaired) electrons. The van der Waals surface area contributed by atoms with E-state index in [1.165, 1.54) is 17.9 Å². The number of aromatic carboxylic acids is 1. The van der Waals surface area contributed by atoms with Crippen LogP contribution in [-0.4, -0.2) is 34.5 Å². The van der Waals surface area contributed by atoms with E-state index in [4.69, 9.17) is 19.3 Å². The number of carboxylic acid groups (broad SMARTS) is 1. The number of imidazole rings is 1. The molecule has 2 heterocycles. The van der Waals surface area contributed by atoms with E-state index in [-0.39, 0.29) is 12.5 Å². The number of hydrogen-bond donors (Lipinski definition) is 1. The molecule has 1 aromatic carbocycles. The highest BCUT2D eigenvalue weighted by Gasteiger charge is 2.22. The summed E-state index contributed by atoms with van der Waals surface area (Å²) in [5, 5.41) is 9.07. The van der Waals surface area contributed by atoms with E-state index in [2.05, 4.69) is 4.98 Å². The second kappa shape index (κ2) is 4.44. The minimum absolute atomic E-state index is 0.0970. The molecule has 1 aliphatic rings. The Bertz CT molecular complexity index is 692. The molecule has 104 valence electrons. The monoisotopic (exact) mass is 276 g/mol. The van der Waals surface area contributed by atoms with Crippen LogP contribution in [0.1, 0.15) is 10.5 Å². The lowest BCUT2D eigenvalue weighted by Crippen LogP contribution is -2.05. The number of hydrogen-bond acceptors (Lipinski definition) is 5. The second-order valence-corrected chi connectivity index (χ2v) is 4.24. The fourth-order valence-electron chi connectivity index (χ4n) is 2.13. The number of carbonyl (C=O) groups is 1. The predicted molar refractivity (Wildman–Crippen MR) is 68.3 cm³/mol. The molecule has 7 heteroatoms. The van der Waals surface area contributed by atoms with Gasteiger partial charge in [0, 0.05) is 13.1 Å². The fraction of sp³-hybridized carbons (Fsp3) is 0.231. The summed E-state index contributed by atoms with van der Waals surface area (Å²) in [6.07, 6.45) is 1.31. The first-order valence-corrected chi connectivity index (χ1v) is 5.85. The maximum Gasteiger partial charge on any atom is 0.354 e. The maximum atomic E-state index is 11.1. The van der Waals surface area contributed by atoms with Gasteiger partial charge in [0.15, 0.2) is 11.5 Å². The van der Waals surface area contributed by atoms with Gasteiger partial charge >= 0.3 is 5.97 Å². The predicted octanol–water partition coefficient (Wildman–Crippen LogP) is 1.52. The van der Waals surface area contributed by atoms with Crippen LogP contribution in [-0.2, 0) is 7.05 Å². The van der Waals surface area contributed by atoms with E-state index in [0.29, 0.717) is 28.6 Å². The molecule has 3 rings (SSSR count). The lowest BCUT2D eigenvalue weighted by atomic mass is 10.1. The molecular formula is C13H12N2O5. The second-order valence-electron chi connectivity index (χ2n) is 4.24. The lowest BCUT2D eigenvalue weighted by Gasteiger charge is -2.10. The van der Waals surface area contributed by atoms with E-state index in [9.17, 15) is 4.79 Å². The van der Waals surface area contributed by atoms with Gasteiger partial charge < -0.3 is 23.9 Å². The summed E-state index contributed by atoms with van der Waals surface area (Å²) in [6.45, 7) is 0.156. The molecule has 1 aromatic heterocycles. The molecule has 0 fully saturated rings. The van der Waals surface area contributed by atoms with Crippen molar-refractivity contribution in [1.82, 2.24) is 9.55 Å². The molecular weight excluding hydrogens is 264 g/mol. The number of carboxylic acids is 1. The standard InChI is InChI=1S/C13H12N2O5/c1-15-8(13(16)17)5-14-12(15)7-3-10-11(20-6-19-10)4-9(7)18-2/h3-5H,6H2,1-2H3,(H,16,17). The SMILES string of the molecule is COc1cc2c(cc1-c1ncc(C(=O)O)n1C)OCO2. The molecule has 0 bridgehead atoms. The molecule has 7 nitrogen and oxygen atoms in total. The van der Waals surface area contributed by atoms with E-state index in [1.807, 2.05) is 0 Å². The van der Waals surface area contributed by atoms with Crippen molar-refractivity contribution in [2.75, 3.05) is 13.9 Å². The van der Waals surface area contributed by atoms with Crippen molar-refractivity contribution >= 4 is 5.97 Å². The van der Waals surface area contributed by atoms with Crippen molar-refractivity contribution in [3.05, 3.63) is 24.0 Å². The summed E-state index contributed by atoms with van der Waals surface area (Å²) < 4.78 is 17.4. The lowest BCUT2D eigenvalue weighted by molar-refractivity contribution is 0.0686. The zero-order valence-corrected chi connectivity index (χ0v) is 10.9. The van der Waals surface area contributed by atoms with Gasteiger partial charge in [-0.05, 0) is 6.07 Å². The van der Waals surface area contributed by atoms with Crippen LogP contribution in [0, 0.1) is 0 Å². The summed E-state index contributed by atoms with van der Waals surface area (Å²) in [7, 11) is 3.16. The Balaban J connectivity index is 2.17. The molecule has 2 aromatic rings. The van der Waals surface area contributed by atoms with E-state index < -0.39 is 5.97 Å². The average molecular weight is 276 g/mol. The smallest absolute Gasteiger partial charge is 0.354 e. The molecule has 20 heavy (non-hydrogen) atoms. The molecule has 0 unspecified atom stereocenters. The zero-order chi connectivity index (χ0) is 14.3. The number of methoxy groups -OCH3 is 1. The number of ether oxygens (including phenoxy) is 3. The highest BCUT2D eigenvalue weighted by molar-refractivity contribution is 5.87. The fourth-order valence-corrected chi connectivity index (χ4v) is 2.13. The first kappa shape index (κ1) is 12.3. The highest BCUT2D eigenvalue weighted by Crippen LogP contribution is 2.42. The van der Waals surface area contributed by atoms with Crippen molar-refractivity contribution in [1.29, 1.82) is 0 Å². The Kier molecular flexibility index (Phi) is 2.74. The Hall–Kier alpha value is -2.70. The third-order valence-corrected chi connectivity index (χ3v) is 3.14. The number of fused-ring (bicyclic) bond motifs is 1. The quantitative estimate of drug-likeness (QED) is 0.915. The van der Waals surface area contributed by atoms with Crippen LogP contribution in [0.2, 0.25) is 0 Å². The van der Waals surface area contributed by atoms with Crippen molar-refractivity contribution in [3.63, 3.8) is 0 Å². The first-order chi connectivity index (χ1) is 9.61. The minimum Gasteiger partial charge on any atom is -0.496 e. The van der Waals surface area contributed by atoms with Gasteiger partial charge in [0.05, 0.1) is 18.9 Å². The summed E-state index contributed by atoms with van der Waals surface area (Å²) in [5.41, 5.74) is 0.742. The third kappa shape index (κ3) is 1.75. The van der Waals surface area contributed by atoms with Crippen LogP contribution in [0.3, 0.4) is 0 Å². The number of nitrogens with zero attached hydrogens (tertiary/aromatic N) is 2. The molecule has 0 amide bonds. The van der Waals surface area contributed by atoms with E-state index in [0.717, 1.165) is 0 Å². The molecule has 0 spiro atoms. The van der Waals surface area contributed by atoms with Gasteiger partial charge in [0.25, 0.3) is 0 Å². The van der Waals surface area contributed by atoms with Crippen molar-refractivity contribution in [2.45, 2.75) is 0 Å². The normalized spacial score (nSPS) is 12.5. The zero-order valence-electron chi connectivity index (χ0n) is 10.9. The number of rotatable bonds is 3. The van der Waals surface area contributed by atoms with Crippen LogP contribution in [0.15, 0.2) is 18.3 Å². The van der Waals surface area contributed by atoms with Crippen LogP contribution in [0.5, 0.6) is 17.2 Å². The molecule has 0 aliphatic carbocycles. The third-order valence-electron chi connectivity index (χ3n) is 3.14. The van der Waals surface area contributed by atoms with Crippen molar-refractivity contribution < 1.29 is 24.1 Å². The van der Waals surface area contributed by atoms with E-state index >= 15 is 0 Å². The van der Waals surface area contributed by atoms with Crippen LogP contribution in [0.4, 0.5) is 0 Å². The summed E-state index contributed by atoms with van der Waals surface area (Å²) in [4.78, 5) is 15.2. The number of aromatic nitrogens is 2. The summed E-state index contributed by atoms with van der Waals surface area (Å²) in [5.74, 6) is 1.17. The average Bonchev–Trinajstić information content (AvgIpc) is 3.02. The maximum absolute atomic E-state index is 11.1. The van der Waals surface area contributed by atoms with Gasteiger partial charge in [-0.1, -0.05) is 0 Å². The van der Waals surface area contributed by atoms with Gasteiger partial charge in [0.2, 0.25) is 6.79 Å². The minimum atomic E-state index is -1.04. The molecule has 1 N–H and O–H groups in total. The summed E-state index contributed by atoms with van der Waals surface area (Å²) >= 11 is 0. The topological polar surface area (TPSA) is 82.8 Å². The summed E-state index contributed by atoms with van der Waals surface area (Å²) in [6, 6.07) is 3.43. The molecule has 0 saturated heterocycles. The Morgan fingerprint density at radius 1 is 1.40 bits per heavy atom. The van der Waals surface area contributed by atoms with Crippen molar-refractivity contribution in [3.8, 4) is 28.6 Å². The molecule has 1 aliphatic heterocycles. The van der Waals surface area contributed by atoms with Gasteiger partial charge in [-0.25, -0.2) is 9.78 Å². The Labute approximate surface area is 114 Å². The van der Waals surface area contributed by atoms with Gasteiger partial charge in [-0.3, -0.25) is 0 Å². The molecule has 0 atom stereocenters. The molecule has 0 saturated carbocycles. The first-order valence-electron chi connectivity index (χ1n) is 5.85. The van der Waals surface area contributed by atoms with Crippen molar-refractivity contribution in [2.24, 2.45) is 7.05 Å². The van der Waals surface area contributed by atoms with Crippen LogP contribution >= 0.6 is 0 Å². The van der Waals surface area contributed by atoms with Gasteiger partial charge in [-0.2, -0.15) is 0 Å². The van der Waals surface area contributed by atoms with E-state index in [1.54, 1.807) is 19.2 Å². The van der Waals surface area contributed by atoms with Gasteiger partial charge in [-0.15, -0.1) is 0 Å².